The summed E-state index contributed by atoms with van der Waals surface area (Å²) >= 11 is 1.65. The van der Waals surface area contributed by atoms with E-state index in [0.29, 0.717) is 55.4 Å². The molecule has 236 valence electrons. The number of benzene rings is 2. The normalized spacial score (nSPS) is 14.1. The molecule has 2 aromatic carbocycles. The number of ether oxygens (including phenoxy) is 4. The Hall–Kier alpha value is -4.09. The molecule has 10 nitrogen and oxygen atoms in total. The Kier molecular flexibility index (Phi) is 12.0. The van der Waals surface area contributed by atoms with E-state index in [-0.39, 0.29) is 25.2 Å². The standard InChI is InChI=1S/C33H41N3O7S/c1-5-42-32(38)25-10-12-26(13-11-25)34-33(39)36(20-27-7-6-18-43-27)22-31(37)35(21-28-14-8-23(2)44-28)17-16-24-9-15-29(40-3)30(19-24)41-4/h8-15,19,27H,5-7,16-18,20-22H2,1-4H3,(H,34,39). The Labute approximate surface area is 262 Å². The largest absolute Gasteiger partial charge is 0.493 e. The fourth-order valence-electron chi connectivity index (χ4n) is 4.97. The molecule has 1 aromatic heterocycles. The van der Waals surface area contributed by atoms with E-state index in [4.69, 9.17) is 18.9 Å². The summed E-state index contributed by atoms with van der Waals surface area (Å²) in [6, 6.07) is 15.9. The highest BCUT2D eigenvalue weighted by Crippen LogP contribution is 2.28. The zero-order valence-electron chi connectivity index (χ0n) is 25.8. The van der Waals surface area contributed by atoms with Crippen LogP contribution >= 0.6 is 11.3 Å². The predicted octanol–water partition coefficient (Wildman–Crippen LogP) is 5.53. The van der Waals surface area contributed by atoms with Gasteiger partial charge in [-0.05, 0) is 87.2 Å². The second-order valence-electron chi connectivity index (χ2n) is 10.5. The van der Waals surface area contributed by atoms with Crippen LogP contribution in [0.25, 0.3) is 0 Å². The number of hydrogen-bond acceptors (Lipinski definition) is 8. The van der Waals surface area contributed by atoms with E-state index < -0.39 is 12.0 Å². The smallest absolute Gasteiger partial charge is 0.338 e. The van der Waals surface area contributed by atoms with Crippen molar-refractivity contribution in [3.8, 4) is 11.5 Å². The number of hydrogen-bond donors (Lipinski definition) is 1. The molecule has 0 radical (unpaired) electrons. The monoisotopic (exact) mass is 623 g/mol. The summed E-state index contributed by atoms with van der Waals surface area (Å²) in [7, 11) is 3.19. The Morgan fingerprint density at radius 3 is 2.41 bits per heavy atom. The molecule has 1 saturated heterocycles. The first-order chi connectivity index (χ1) is 21.3. The third-order valence-corrected chi connectivity index (χ3v) is 8.31. The first kappa shape index (κ1) is 32.8. The molecule has 44 heavy (non-hydrogen) atoms. The SMILES string of the molecule is CCOC(=O)c1ccc(NC(=O)N(CC(=O)N(CCc2ccc(OC)c(OC)c2)Cc2ccc(C)s2)CC2CCCO2)cc1. The van der Waals surface area contributed by atoms with E-state index in [2.05, 4.69) is 5.32 Å². The van der Waals surface area contributed by atoms with Crippen LogP contribution in [-0.4, -0.2) is 80.9 Å². The van der Waals surface area contributed by atoms with Crippen molar-refractivity contribution in [1.29, 1.82) is 0 Å². The molecular weight excluding hydrogens is 582 g/mol. The molecule has 1 atom stereocenters. The minimum Gasteiger partial charge on any atom is -0.493 e. The van der Waals surface area contributed by atoms with Gasteiger partial charge in [-0.15, -0.1) is 11.3 Å². The van der Waals surface area contributed by atoms with Gasteiger partial charge in [-0.2, -0.15) is 0 Å². The summed E-state index contributed by atoms with van der Waals surface area (Å²) < 4.78 is 21.7. The molecule has 1 N–H and O–H groups in total. The fourth-order valence-corrected chi connectivity index (χ4v) is 5.88. The number of carbonyl (C=O) groups is 3. The van der Waals surface area contributed by atoms with Crippen molar-refractivity contribution in [1.82, 2.24) is 9.80 Å². The van der Waals surface area contributed by atoms with E-state index in [1.165, 1.54) is 9.78 Å². The molecule has 2 heterocycles. The number of anilines is 1. The third kappa shape index (κ3) is 9.20. The van der Waals surface area contributed by atoms with Gasteiger partial charge in [0, 0.05) is 35.1 Å². The number of esters is 1. The first-order valence-electron chi connectivity index (χ1n) is 14.8. The number of methoxy groups -OCH3 is 2. The second-order valence-corrected chi connectivity index (χ2v) is 11.9. The van der Waals surface area contributed by atoms with Crippen LogP contribution in [0.3, 0.4) is 0 Å². The number of amides is 3. The summed E-state index contributed by atoms with van der Waals surface area (Å²) in [5.74, 6) is 0.684. The van der Waals surface area contributed by atoms with Gasteiger partial charge in [0.05, 0.1) is 39.0 Å². The number of aryl methyl sites for hydroxylation is 1. The van der Waals surface area contributed by atoms with Crippen LogP contribution in [0.5, 0.6) is 11.5 Å². The van der Waals surface area contributed by atoms with Gasteiger partial charge in [-0.3, -0.25) is 4.79 Å². The lowest BCUT2D eigenvalue weighted by Gasteiger charge is -2.29. The summed E-state index contributed by atoms with van der Waals surface area (Å²) in [5.41, 5.74) is 1.90. The summed E-state index contributed by atoms with van der Waals surface area (Å²) in [5, 5.41) is 2.88. The number of carbonyl (C=O) groups excluding carboxylic acids is 3. The van der Waals surface area contributed by atoms with Crippen molar-refractivity contribution in [2.45, 2.75) is 45.8 Å². The van der Waals surface area contributed by atoms with Crippen molar-refractivity contribution in [3.63, 3.8) is 0 Å². The molecule has 0 aliphatic carbocycles. The molecule has 1 unspecified atom stereocenters. The highest BCUT2D eigenvalue weighted by molar-refractivity contribution is 7.11. The van der Waals surface area contributed by atoms with Gasteiger partial charge < -0.3 is 34.1 Å². The van der Waals surface area contributed by atoms with E-state index in [1.54, 1.807) is 61.6 Å². The maximum atomic E-state index is 13.9. The first-order valence-corrected chi connectivity index (χ1v) is 15.6. The molecule has 0 bridgehead atoms. The van der Waals surface area contributed by atoms with Gasteiger partial charge in [-0.1, -0.05) is 6.07 Å². The van der Waals surface area contributed by atoms with Crippen LogP contribution in [0.15, 0.2) is 54.6 Å². The lowest BCUT2D eigenvalue weighted by Crippen LogP contribution is -2.47. The molecule has 11 heteroatoms. The number of nitrogens with one attached hydrogen (secondary N) is 1. The maximum Gasteiger partial charge on any atom is 0.338 e. The maximum absolute atomic E-state index is 13.9. The Morgan fingerprint density at radius 2 is 1.77 bits per heavy atom. The lowest BCUT2D eigenvalue weighted by atomic mass is 10.1. The third-order valence-electron chi connectivity index (χ3n) is 7.32. The molecule has 1 aliphatic heterocycles. The Balaban J connectivity index is 1.49. The number of rotatable bonds is 14. The van der Waals surface area contributed by atoms with E-state index in [9.17, 15) is 14.4 Å². The summed E-state index contributed by atoms with van der Waals surface area (Å²) in [6.07, 6.45) is 2.20. The van der Waals surface area contributed by atoms with Crippen LogP contribution in [0.1, 0.15) is 45.4 Å². The lowest BCUT2D eigenvalue weighted by molar-refractivity contribution is -0.132. The van der Waals surface area contributed by atoms with Crippen LogP contribution in [0.2, 0.25) is 0 Å². The van der Waals surface area contributed by atoms with Crippen LogP contribution in [0, 0.1) is 6.92 Å². The molecule has 0 saturated carbocycles. The predicted molar refractivity (Wildman–Crippen MR) is 170 cm³/mol. The Morgan fingerprint density at radius 1 is 1.00 bits per heavy atom. The van der Waals surface area contributed by atoms with Crippen molar-refractivity contribution < 1.29 is 33.3 Å². The molecular formula is C33H41N3O7S. The summed E-state index contributed by atoms with van der Waals surface area (Å²) in [4.78, 5) is 45.0. The average molecular weight is 624 g/mol. The Bertz CT molecular complexity index is 1400. The highest BCUT2D eigenvalue weighted by atomic mass is 32.1. The minimum absolute atomic E-state index is 0.108. The van der Waals surface area contributed by atoms with Crippen LogP contribution in [0.4, 0.5) is 10.5 Å². The van der Waals surface area contributed by atoms with Gasteiger partial charge in [0.25, 0.3) is 0 Å². The van der Waals surface area contributed by atoms with Gasteiger partial charge in [-0.25, -0.2) is 9.59 Å². The number of thiophene rings is 1. The molecule has 1 aliphatic rings. The second kappa shape index (κ2) is 16.1. The van der Waals surface area contributed by atoms with Gasteiger partial charge in [0.15, 0.2) is 11.5 Å². The number of urea groups is 1. The molecule has 4 rings (SSSR count). The van der Waals surface area contributed by atoms with Crippen LogP contribution in [-0.2, 0) is 27.2 Å². The van der Waals surface area contributed by atoms with Gasteiger partial charge >= 0.3 is 12.0 Å². The van der Waals surface area contributed by atoms with Crippen molar-refractivity contribution >= 4 is 34.9 Å². The van der Waals surface area contributed by atoms with E-state index in [0.717, 1.165) is 23.3 Å². The van der Waals surface area contributed by atoms with Gasteiger partial charge in [0.1, 0.15) is 6.54 Å². The minimum atomic E-state index is -0.426. The van der Waals surface area contributed by atoms with Crippen LogP contribution < -0.4 is 14.8 Å². The topological polar surface area (TPSA) is 107 Å². The fraction of sp³-hybridized carbons (Fsp3) is 0.424. The van der Waals surface area contributed by atoms with Crippen molar-refractivity contribution in [3.05, 3.63) is 75.5 Å². The van der Waals surface area contributed by atoms with E-state index in [1.807, 2.05) is 37.3 Å². The zero-order valence-corrected chi connectivity index (χ0v) is 26.6. The average Bonchev–Trinajstić information content (AvgIpc) is 3.70. The summed E-state index contributed by atoms with van der Waals surface area (Å²) in [6.45, 7) is 5.78. The highest BCUT2D eigenvalue weighted by Gasteiger charge is 2.27. The molecule has 3 aromatic rings. The quantitative estimate of drug-likeness (QED) is 0.235. The zero-order chi connectivity index (χ0) is 31.5. The molecule has 3 amide bonds. The van der Waals surface area contributed by atoms with Crippen molar-refractivity contribution in [2.75, 3.05) is 52.4 Å². The van der Waals surface area contributed by atoms with Gasteiger partial charge in [0.2, 0.25) is 5.91 Å². The van der Waals surface area contributed by atoms with Crippen molar-refractivity contribution in [2.24, 2.45) is 0 Å². The molecule has 1 fully saturated rings. The number of nitrogens with zero attached hydrogens (tertiary/aromatic N) is 2. The molecule has 0 spiro atoms. The van der Waals surface area contributed by atoms with E-state index >= 15 is 0 Å².